The van der Waals surface area contributed by atoms with Crippen molar-refractivity contribution in [2.45, 2.75) is 173 Å². The molecule has 0 aliphatic carbocycles. The van der Waals surface area contributed by atoms with Crippen LogP contribution in [0, 0.1) is 17.8 Å². The molecular formula is C50H81N11O16. The Balaban J connectivity index is 3.43. The SMILES string of the molecule is CC[C@H](C)[C@H](NC(=O)[C@H](CCC(=O)O)NC(=O)[C@H](CCC(N)=O)NC(=O)[C@H](CC(C)C)NC(=O)[C@H](CCCCN)NC(=O)[C@H](CO)NC(=O)[C@H](CC(=O)O)NC(=O)[C@H](CC(C)C)NC(=O)[C@@H](N)Cc1ccccc1)C(=O)O. The first-order chi connectivity index (χ1) is 36.1. The zero-order valence-corrected chi connectivity index (χ0v) is 44.6. The van der Waals surface area contributed by atoms with Gasteiger partial charge >= 0.3 is 17.9 Å². The number of carboxylic acids is 3. The molecule has 9 amide bonds. The summed E-state index contributed by atoms with van der Waals surface area (Å²) in [7, 11) is 0. The second-order valence-electron chi connectivity index (χ2n) is 19.7. The zero-order valence-electron chi connectivity index (χ0n) is 44.6. The third-order valence-electron chi connectivity index (χ3n) is 12.1. The number of nitrogens with two attached hydrogens (primary N) is 3. The fraction of sp³-hybridized carbons (Fsp3) is 0.640. The van der Waals surface area contributed by atoms with E-state index in [1.807, 2.05) is 0 Å². The summed E-state index contributed by atoms with van der Waals surface area (Å²) in [6.45, 7) is 9.19. The van der Waals surface area contributed by atoms with Crippen LogP contribution >= 0.6 is 0 Å². The van der Waals surface area contributed by atoms with Crippen LogP contribution in [0.2, 0.25) is 0 Å². The molecule has 0 aliphatic heterocycles. The van der Waals surface area contributed by atoms with E-state index in [1.54, 1.807) is 71.9 Å². The van der Waals surface area contributed by atoms with Gasteiger partial charge in [-0.3, -0.25) is 52.7 Å². The Morgan fingerprint density at radius 2 is 0.935 bits per heavy atom. The lowest BCUT2D eigenvalue weighted by atomic mass is 9.98. The number of carbonyl (C=O) groups excluding carboxylic acids is 9. The van der Waals surface area contributed by atoms with Gasteiger partial charge in [-0.2, -0.15) is 0 Å². The second-order valence-corrected chi connectivity index (χ2v) is 19.7. The largest absolute Gasteiger partial charge is 0.481 e. The van der Waals surface area contributed by atoms with Gasteiger partial charge in [-0.05, 0) is 81.2 Å². The standard InChI is InChI=1S/C50H81N11O16/c1-7-28(6)41(50(76)77)61-45(71)33(17-19-39(64)65)55-44(70)32(16-18-38(53)63)56-46(72)35(22-27(4)5)58-43(69)31(15-11-12-20-51)54-49(75)37(25-62)60-48(74)36(24-40(66)67)59-47(73)34(21-26(2)3)57-42(68)30(52)23-29-13-9-8-10-14-29/h8-10,13-14,26-28,30-37,41,62H,7,11-12,15-25,51-52H2,1-6H3,(H2,53,63)(H,54,75)(H,55,70)(H,56,72)(H,57,68)(H,58,69)(H,59,73)(H,60,74)(H,61,71)(H,64,65)(H,66,67)(H,76,77)/t28-,30-,31-,32-,33-,34-,35-,36-,37-,41-/m0/s1. The first kappa shape index (κ1) is 67.8. The Morgan fingerprint density at radius 1 is 0.519 bits per heavy atom. The number of hydrogen-bond donors (Lipinski definition) is 15. The summed E-state index contributed by atoms with van der Waals surface area (Å²) < 4.78 is 0. The molecular weight excluding hydrogens is 1010 g/mol. The van der Waals surface area contributed by atoms with E-state index in [2.05, 4.69) is 42.5 Å². The molecule has 0 bridgehead atoms. The summed E-state index contributed by atoms with van der Waals surface area (Å²) in [5.41, 5.74) is 17.9. The first-order valence-electron chi connectivity index (χ1n) is 25.6. The van der Waals surface area contributed by atoms with E-state index < -0.39 is 170 Å². The molecule has 1 rings (SSSR count). The molecule has 0 saturated carbocycles. The summed E-state index contributed by atoms with van der Waals surface area (Å²) in [5, 5.41) is 58.2. The van der Waals surface area contributed by atoms with Crippen molar-refractivity contribution in [2.24, 2.45) is 35.0 Å². The number of nitrogens with one attached hydrogen (secondary N) is 8. The van der Waals surface area contributed by atoms with Crippen LogP contribution in [0.5, 0.6) is 0 Å². The van der Waals surface area contributed by atoms with Crippen molar-refractivity contribution in [3.05, 3.63) is 35.9 Å². The summed E-state index contributed by atoms with van der Waals surface area (Å²) in [4.78, 5) is 157. The maximum absolute atomic E-state index is 14.1. The van der Waals surface area contributed by atoms with E-state index >= 15 is 0 Å². The van der Waals surface area contributed by atoms with Crippen LogP contribution in [0.4, 0.5) is 0 Å². The third-order valence-corrected chi connectivity index (χ3v) is 12.1. The van der Waals surface area contributed by atoms with E-state index in [1.165, 1.54) is 0 Å². The van der Waals surface area contributed by atoms with Crippen LogP contribution in [-0.4, -0.2) is 159 Å². The molecule has 1 aromatic carbocycles. The van der Waals surface area contributed by atoms with Crippen molar-refractivity contribution in [3.63, 3.8) is 0 Å². The summed E-state index contributed by atoms with van der Waals surface area (Å²) in [6.07, 6.45) is -2.22. The lowest BCUT2D eigenvalue weighted by Crippen LogP contribution is -2.61. The smallest absolute Gasteiger partial charge is 0.326 e. The maximum atomic E-state index is 14.1. The number of aliphatic carboxylic acids is 3. The van der Waals surface area contributed by atoms with Crippen LogP contribution in [0.25, 0.3) is 0 Å². The van der Waals surface area contributed by atoms with Crippen molar-refractivity contribution < 1.29 is 78.0 Å². The van der Waals surface area contributed by atoms with Gasteiger partial charge in [0.05, 0.1) is 19.1 Å². The Bertz CT molecular complexity index is 2160. The summed E-state index contributed by atoms with van der Waals surface area (Å²) >= 11 is 0. The van der Waals surface area contributed by atoms with Crippen LogP contribution in [0.1, 0.15) is 118 Å². The minimum Gasteiger partial charge on any atom is -0.481 e. The van der Waals surface area contributed by atoms with Gasteiger partial charge in [-0.15, -0.1) is 0 Å². The Kier molecular flexibility index (Phi) is 30.9. The third kappa shape index (κ3) is 26.4. The average Bonchev–Trinajstić information content (AvgIpc) is 3.35. The predicted octanol–water partition coefficient (Wildman–Crippen LogP) is -2.62. The second kappa shape index (κ2) is 35.1. The van der Waals surface area contributed by atoms with Gasteiger partial charge < -0.3 is 80.2 Å². The first-order valence-corrected chi connectivity index (χ1v) is 25.6. The van der Waals surface area contributed by atoms with Crippen molar-refractivity contribution in [1.29, 1.82) is 0 Å². The molecule has 27 nitrogen and oxygen atoms in total. The van der Waals surface area contributed by atoms with Gasteiger partial charge in [0.25, 0.3) is 0 Å². The number of carboxylic acid groups (broad SMARTS) is 3. The highest BCUT2D eigenvalue weighted by atomic mass is 16.4. The summed E-state index contributed by atoms with van der Waals surface area (Å²) in [5.74, 6) is -14.4. The number of carbonyl (C=O) groups is 12. The number of rotatable bonds is 38. The van der Waals surface area contributed by atoms with Crippen molar-refractivity contribution in [1.82, 2.24) is 42.5 Å². The Morgan fingerprint density at radius 3 is 1.38 bits per heavy atom. The molecule has 0 aromatic heterocycles. The van der Waals surface area contributed by atoms with Crippen LogP contribution in [-0.2, 0) is 64.0 Å². The molecule has 27 heteroatoms. The molecule has 0 aliphatic rings. The molecule has 1 aromatic rings. The minimum absolute atomic E-state index is 0.0462. The van der Waals surface area contributed by atoms with E-state index in [0.717, 1.165) is 5.56 Å². The zero-order chi connectivity index (χ0) is 58.5. The maximum Gasteiger partial charge on any atom is 0.326 e. The van der Waals surface area contributed by atoms with E-state index in [-0.39, 0.29) is 50.5 Å². The van der Waals surface area contributed by atoms with Gasteiger partial charge in [-0.1, -0.05) is 78.3 Å². The van der Waals surface area contributed by atoms with Crippen molar-refractivity contribution in [3.8, 4) is 0 Å². The van der Waals surface area contributed by atoms with Crippen molar-refractivity contribution >= 4 is 71.1 Å². The van der Waals surface area contributed by atoms with E-state index in [9.17, 15) is 78.0 Å². The number of primary amides is 1. The summed E-state index contributed by atoms with van der Waals surface area (Å²) in [6, 6.07) is -4.88. The fourth-order valence-electron chi connectivity index (χ4n) is 7.65. The van der Waals surface area contributed by atoms with Gasteiger partial charge in [0.2, 0.25) is 53.2 Å². The number of aliphatic hydroxyl groups is 1. The minimum atomic E-state index is -1.86. The van der Waals surface area contributed by atoms with Crippen LogP contribution in [0.3, 0.4) is 0 Å². The molecule has 0 fully saturated rings. The quantitative estimate of drug-likeness (QED) is 0.0302. The molecule has 0 unspecified atom stereocenters. The topological polar surface area (TPSA) is 460 Å². The van der Waals surface area contributed by atoms with E-state index in [0.29, 0.717) is 12.8 Å². The average molecular weight is 1090 g/mol. The predicted molar refractivity (Wildman–Crippen MR) is 277 cm³/mol. The van der Waals surface area contributed by atoms with Gasteiger partial charge in [0.1, 0.15) is 48.3 Å². The fourth-order valence-corrected chi connectivity index (χ4v) is 7.65. The van der Waals surface area contributed by atoms with E-state index in [4.69, 9.17) is 17.2 Å². The lowest BCUT2D eigenvalue weighted by molar-refractivity contribution is -0.144. The number of hydrogen-bond acceptors (Lipinski definition) is 15. The molecule has 432 valence electrons. The highest BCUT2D eigenvalue weighted by Crippen LogP contribution is 2.13. The van der Waals surface area contributed by atoms with Gasteiger partial charge in [0, 0.05) is 12.8 Å². The number of aliphatic hydroxyl groups excluding tert-OH is 1. The monoisotopic (exact) mass is 1090 g/mol. The number of unbranched alkanes of at least 4 members (excludes halogenated alkanes) is 1. The molecule has 0 spiro atoms. The number of amides is 9. The van der Waals surface area contributed by atoms with Gasteiger partial charge in [0.15, 0.2) is 0 Å². The Labute approximate surface area is 447 Å². The number of benzene rings is 1. The molecule has 77 heavy (non-hydrogen) atoms. The normalized spacial score (nSPS) is 15.1. The Hall–Kier alpha value is -7.26. The van der Waals surface area contributed by atoms with Gasteiger partial charge in [-0.25, -0.2) is 4.79 Å². The van der Waals surface area contributed by atoms with Crippen molar-refractivity contribution in [2.75, 3.05) is 13.2 Å². The van der Waals surface area contributed by atoms with Crippen LogP contribution in [0.15, 0.2) is 30.3 Å². The molecule has 0 saturated heterocycles. The lowest BCUT2D eigenvalue weighted by Gasteiger charge is -2.28. The highest BCUT2D eigenvalue weighted by molar-refractivity contribution is 5.99. The van der Waals surface area contributed by atoms with Crippen LogP contribution < -0.4 is 59.7 Å². The highest BCUT2D eigenvalue weighted by Gasteiger charge is 2.36. The molecule has 0 heterocycles. The molecule has 0 radical (unpaired) electrons. The molecule has 10 atom stereocenters. The molecule has 18 N–H and O–H groups in total.